The summed E-state index contributed by atoms with van der Waals surface area (Å²) >= 11 is 5.98. The summed E-state index contributed by atoms with van der Waals surface area (Å²) < 4.78 is 5.21. The Balaban J connectivity index is 1.33. The lowest BCUT2D eigenvalue weighted by molar-refractivity contribution is -0.142. The second-order valence-corrected chi connectivity index (χ2v) is 8.25. The number of likely N-dealkylation sites (tertiary alicyclic amines) is 1. The number of benzene rings is 1. The molecule has 3 amide bonds. The van der Waals surface area contributed by atoms with Crippen LogP contribution in [0.15, 0.2) is 30.4 Å². The van der Waals surface area contributed by atoms with Crippen molar-refractivity contribution in [2.24, 2.45) is 35.5 Å². The zero-order chi connectivity index (χ0) is 18.9. The summed E-state index contributed by atoms with van der Waals surface area (Å²) in [5.74, 6) is 0.430. The average molecular weight is 387 g/mol. The van der Waals surface area contributed by atoms with Gasteiger partial charge in [-0.15, -0.1) is 0 Å². The molecular formula is C20H19ClN2O4. The first-order valence-corrected chi connectivity index (χ1v) is 9.54. The fourth-order valence-corrected chi connectivity index (χ4v) is 5.46. The van der Waals surface area contributed by atoms with E-state index in [1.807, 2.05) is 0 Å². The topological polar surface area (TPSA) is 75.7 Å². The molecule has 1 saturated heterocycles. The van der Waals surface area contributed by atoms with E-state index in [2.05, 4.69) is 17.5 Å². The summed E-state index contributed by atoms with van der Waals surface area (Å²) in [4.78, 5) is 39.5. The molecule has 0 unspecified atom stereocenters. The third kappa shape index (κ3) is 2.42. The van der Waals surface area contributed by atoms with Crippen LogP contribution in [0.1, 0.15) is 6.42 Å². The number of imide groups is 1. The van der Waals surface area contributed by atoms with Gasteiger partial charge in [-0.3, -0.25) is 19.3 Å². The standard InChI is InChI=1S/C20H19ClN2O4/c1-27-15-5-2-9(21)6-14(15)22-16(24)8-23-19(25)17-10-3-4-11(13-7-12(10)13)18(17)20(23)26/h2-6,10-13,17-18H,7-8H2,1H3,(H,22,24)/t10-,11-,12-,13+,17-,18+/m0/s1. The lowest BCUT2D eigenvalue weighted by atomic mass is 9.63. The van der Waals surface area contributed by atoms with Gasteiger partial charge in [-0.1, -0.05) is 23.8 Å². The normalized spacial score (nSPS) is 35.1. The quantitative estimate of drug-likeness (QED) is 0.636. The van der Waals surface area contributed by atoms with Crippen LogP contribution < -0.4 is 10.1 Å². The number of nitrogens with zero attached hydrogens (tertiary/aromatic N) is 1. The maximum atomic E-state index is 12.9. The van der Waals surface area contributed by atoms with Gasteiger partial charge in [0.05, 0.1) is 24.6 Å². The summed E-state index contributed by atoms with van der Waals surface area (Å²) in [5, 5.41) is 3.15. The molecule has 4 aliphatic carbocycles. The van der Waals surface area contributed by atoms with Gasteiger partial charge in [-0.05, 0) is 48.3 Å². The van der Waals surface area contributed by atoms with E-state index in [0.717, 1.165) is 11.3 Å². The number of carbonyl (C=O) groups excluding carboxylic acids is 3. The fourth-order valence-electron chi connectivity index (χ4n) is 5.29. The average Bonchev–Trinajstić information content (AvgIpc) is 3.43. The van der Waals surface area contributed by atoms with Crippen LogP contribution in [0.2, 0.25) is 5.02 Å². The summed E-state index contributed by atoms with van der Waals surface area (Å²) in [7, 11) is 1.49. The molecule has 6 rings (SSSR count). The van der Waals surface area contributed by atoms with Gasteiger partial charge in [-0.2, -0.15) is 0 Å². The smallest absolute Gasteiger partial charge is 0.244 e. The van der Waals surface area contributed by atoms with Crippen molar-refractivity contribution in [3.63, 3.8) is 0 Å². The molecule has 2 bridgehead atoms. The Hall–Kier alpha value is -2.34. The minimum atomic E-state index is -0.443. The Labute approximate surface area is 161 Å². The molecule has 0 radical (unpaired) electrons. The van der Waals surface area contributed by atoms with Gasteiger partial charge in [0.15, 0.2) is 0 Å². The monoisotopic (exact) mass is 386 g/mol. The van der Waals surface area contributed by atoms with E-state index in [0.29, 0.717) is 28.3 Å². The van der Waals surface area contributed by atoms with E-state index >= 15 is 0 Å². The number of halogens is 1. The molecule has 1 aromatic rings. The van der Waals surface area contributed by atoms with E-state index in [-0.39, 0.29) is 42.0 Å². The molecule has 1 heterocycles. The molecule has 0 aromatic heterocycles. The molecule has 27 heavy (non-hydrogen) atoms. The van der Waals surface area contributed by atoms with Crippen molar-refractivity contribution in [1.29, 1.82) is 0 Å². The minimum absolute atomic E-state index is 0.155. The first-order chi connectivity index (χ1) is 13.0. The van der Waals surface area contributed by atoms with Gasteiger partial charge in [-0.25, -0.2) is 0 Å². The molecule has 6 atom stereocenters. The van der Waals surface area contributed by atoms with E-state index in [4.69, 9.17) is 16.3 Å². The number of nitrogens with one attached hydrogen (secondary N) is 1. The number of methoxy groups -OCH3 is 1. The Morgan fingerprint density at radius 2 is 1.81 bits per heavy atom. The van der Waals surface area contributed by atoms with Crippen LogP contribution in [0.4, 0.5) is 5.69 Å². The first-order valence-electron chi connectivity index (χ1n) is 9.16. The minimum Gasteiger partial charge on any atom is -0.495 e. The van der Waals surface area contributed by atoms with Crippen LogP contribution in [0.5, 0.6) is 5.75 Å². The van der Waals surface area contributed by atoms with Gasteiger partial charge in [0, 0.05) is 5.02 Å². The second-order valence-electron chi connectivity index (χ2n) is 7.81. The third-order valence-corrected chi connectivity index (χ3v) is 6.73. The number of anilines is 1. The van der Waals surface area contributed by atoms with Crippen LogP contribution in [0.3, 0.4) is 0 Å². The first kappa shape index (κ1) is 16.8. The van der Waals surface area contributed by atoms with Crippen LogP contribution in [-0.2, 0) is 14.4 Å². The van der Waals surface area contributed by atoms with Crippen LogP contribution in [0, 0.1) is 35.5 Å². The largest absolute Gasteiger partial charge is 0.495 e. The molecule has 1 aromatic carbocycles. The number of allylic oxidation sites excluding steroid dienone is 2. The molecule has 6 nitrogen and oxygen atoms in total. The number of rotatable bonds is 4. The van der Waals surface area contributed by atoms with Crippen molar-refractivity contribution < 1.29 is 19.1 Å². The molecule has 140 valence electrons. The van der Waals surface area contributed by atoms with Crippen molar-refractivity contribution in [2.45, 2.75) is 6.42 Å². The van der Waals surface area contributed by atoms with Crippen LogP contribution >= 0.6 is 11.6 Å². The highest BCUT2D eigenvalue weighted by Crippen LogP contribution is 2.65. The van der Waals surface area contributed by atoms with Crippen molar-refractivity contribution in [3.8, 4) is 5.75 Å². The summed E-state index contributed by atoms with van der Waals surface area (Å²) in [6, 6.07) is 4.88. The molecule has 7 heteroatoms. The number of hydrogen-bond acceptors (Lipinski definition) is 4. The Kier molecular flexibility index (Phi) is 3.63. The van der Waals surface area contributed by atoms with E-state index in [9.17, 15) is 14.4 Å². The fraction of sp³-hybridized carbons (Fsp3) is 0.450. The van der Waals surface area contributed by atoms with E-state index < -0.39 is 5.91 Å². The highest BCUT2D eigenvalue weighted by molar-refractivity contribution is 6.31. The van der Waals surface area contributed by atoms with Crippen LogP contribution in [-0.4, -0.2) is 36.3 Å². The maximum Gasteiger partial charge on any atom is 0.244 e. The van der Waals surface area contributed by atoms with Gasteiger partial charge >= 0.3 is 0 Å². The van der Waals surface area contributed by atoms with Gasteiger partial charge in [0.25, 0.3) is 0 Å². The lowest BCUT2D eigenvalue weighted by Gasteiger charge is -2.37. The van der Waals surface area contributed by atoms with Crippen molar-refractivity contribution in [3.05, 3.63) is 35.4 Å². The van der Waals surface area contributed by atoms with Crippen molar-refractivity contribution >= 4 is 35.0 Å². The number of amides is 3. The highest BCUT2D eigenvalue weighted by atomic mass is 35.5. The molecular weight excluding hydrogens is 368 g/mol. The Morgan fingerprint density at radius 3 is 2.41 bits per heavy atom. The Bertz CT molecular complexity index is 862. The second kappa shape index (κ2) is 5.83. The zero-order valence-electron chi connectivity index (χ0n) is 14.7. The number of ether oxygens (including phenoxy) is 1. The molecule has 5 aliphatic rings. The number of hydrogen-bond donors (Lipinski definition) is 1. The van der Waals surface area contributed by atoms with Crippen molar-refractivity contribution in [2.75, 3.05) is 19.0 Å². The van der Waals surface area contributed by atoms with Crippen molar-refractivity contribution in [1.82, 2.24) is 4.90 Å². The van der Waals surface area contributed by atoms with E-state index in [1.54, 1.807) is 18.2 Å². The maximum absolute atomic E-state index is 12.9. The summed E-state index contributed by atoms with van der Waals surface area (Å²) in [6.45, 7) is -0.283. The summed E-state index contributed by atoms with van der Waals surface area (Å²) in [6.07, 6.45) is 5.35. The van der Waals surface area contributed by atoms with Gasteiger partial charge < -0.3 is 10.1 Å². The SMILES string of the molecule is COc1ccc(Cl)cc1NC(=O)CN1C(=O)[C@@H]2[C@H]3C=C[C@@H]([C@@H]4C[C@H]34)[C@@H]2C1=O. The Morgan fingerprint density at radius 1 is 1.19 bits per heavy atom. The molecule has 3 fully saturated rings. The van der Waals surface area contributed by atoms with Crippen LogP contribution in [0.25, 0.3) is 0 Å². The molecule has 0 spiro atoms. The third-order valence-electron chi connectivity index (χ3n) is 6.49. The van der Waals surface area contributed by atoms with Gasteiger partial charge in [0.1, 0.15) is 12.3 Å². The highest BCUT2D eigenvalue weighted by Gasteiger charge is 2.67. The zero-order valence-corrected chi connectivity index (χ0v) is 15.5. The molecule has 1 aliphatic heterocycles. The number of carbonyl (C=O) groups is 3. The predicted molar refractivity (Wildman–Crippen MR) is 98.1 cm³/mol. The molecule has 2 saturated carbocycles. The van der Waals surface area contributed by atoms with E-state index in [1.165, 1.54) is 7.11 Å². The predicted octanol–water partition coefficient (Wildman–Crippen LogP) is 2.34. The molecule has 1 N–H and O–H groups in total. The lowest BCUT2D eigenvalue weighted by Crippen LogP contribution is -2.40. The summed E-state index contributed by atoms with van der Waals surface area (Å²) in [5.41, 5.74) is 0.412. The van der Waals surface area contributed by atoms with Gasteiger partial charge in [0.2, 0.25) is 17.7 Å².